The molecule has 1 heterocycles. The molecule has 1 saturated heterocycles. The number of rotatable bonds is 5. The van der Waals surface area contributed by atoms with Gasteiger partial charge in [0.15, 0.2) is 18.1 Å². The maximum absolute atomic E-state index is 13.0. The summed E-state index contributed by atoms with van der Waals surface area (Å²) in [4.78, 5) is 28.1. The molecule has 0 aliphatic carbocycles. The monoisotopic (exact) mass is 372 g/mol. The van der Waals surface area contributed by atoms with Crippen molar-refractivity contribution in [3.8, 4) is 11.5 Å². The third-order valence-corrected chi connectivity index (χ3v) is 4.43. The highest BCUT2D eigenvalue weighted by Gasteiger charge is 2.25. The van der Waals surface area contributed by atoms with Crippen LogP contribution in [0.1, 0.15) is 10.4 Å². The Bertz CT molecular complexity index is 802. The molecule has 6 nitrogen and oxygen atoms in total. The van der Waals surface area contributed by atoms with Crippen LogP contribution in [0, 0.1) is 5.82 Å². The zero-order chi connectivity index (χ0) is 19.2. The molecule has 2 amide bonds. The second-order valence-corrected chi connectivity index (χ2v) is 6.12. The van der Waals surface area contributed by atoms with E-state index in [1.165, 1.54) is 24.3 Å². The number of methoxy groups -OCH3 is 1. The lowest BCUT2D eigenvalue weighted by molar-refractivity contribution is -0.134. The van der Waals surface area contributed by atoms with Crippen molar-refractivity contribution in [3.63, 3.8) is 0 Å². The van der Waals surface area contributed by atoms with Crippen molar-refractivity contribution in [1.29, 1.82) is 0 Å². The van der Waals surface area contributed by atoms with Gasteiger partial charge >= 0.3 is 0 Å². The van der Waals surface area contributed by atoms with Crippen molar-refractivity contribution < 1.29 is 23.5 Å². The number of amides is 2. The van der Waals surface area contributed by atoms with Crippen LogP contribution >= 0.6 is 0 Å². The Morgan fingerprint density at radius 1 is 0.926 bits per heavy atom. The summed E-state index contributed by atoms with van der Waals surface area (Å²) in [5.41, 5.74) is 0.440. The lowest BCUT2D eigenvalue weighted by Crippen LogP contribution is -2.51. The van der Waals surface area contributed by atoms with E-state index in [9.17, 15) is 14.0 Å². The fraction of sp³-hybridized carbons (Fsp3) is 0.300. The molecule has 1 aliphatic heterocycles. The summed E-state index contributed by atoms with van der Waals surface area (Å²) in [6.45, 7) is 1.63. The standard InChI is InChI=1S/C20H21FN2O4/c1-26-17-4-2-3-5-18(17)27-14-19(24)22-10-12-23(13-11-22)20(25)15-6-8-16(21)9-7-15/h2-9H,10-14H2,1H3. The van der Waals surface area contributed by atoms with Crippen LogP contribution in [-0.2, 0) is 4.79 Å². The highest BCUT2D eigenvalue weighted by atomic mass is 19.1. The SMILES string of the molecule is COc1ccccc1OCC(=O)N1CCN(C(=O)c2ccc(F)cc2)CC1. The Hall–Kier alpha value is -3.09. The average molecular weight is 372 g/mol. The number of nitrogens with zero attached hydrogens (tertiary/aromatic N) is 2. The molecule has 3 rings (SSSR count). The summed E-state index contributed by atoms with van der Waals surface area (Å²) in [5, 5.41) is 0. The Kier molecular flexibility index (Phi) is 5.90. The molecule has 0 N–H and O–H groups in total. The zero-order valence-electron chi connectivity index (χ0n) is 15.1. The van der Waals surface area contributed by atoms with Crippen LogP contribution in [0.5, 0.6) is 11.5 Å². The number of carbonyl (C=O) groups excluding carboxylic acids is 2. The normalized spacial score (nSPS) is 14.0. The number of hydrogen-bond acceptors (Lipinski definition) is 4. The summed E-state index contributed by atoms with van der Waals surface area (Å²) < 4.78 is 23.7. The number of para-hydroxylation sites is 2. The summed E-state index contributed by atoms with van der Waals surface area (Å²) in [6.07, 6.45) is 0. The van der Waals surface area contributed by atoms with Crippen LogP contribution in [0.2, 0.25) is 0 Å². The van der Waals surface area contributed by atoms with Crippen LogP contribution in [0.4, 0.5) is 4.39 Å². The third-order valence-electron chi connectivity index (χ3n) is 4.43. The van der Waals surface area contributed by atoms with Gasteiger partial charge in [-0.05, 0) is 36.4 Å². The molecule has 0 spiro atoms. The van der Waals surface area contributed by atoms with Crippen LogP contribution in [-0.4, -0.2) is 61.5 Å². The topological polar surface area (TPSA) is 59.1 Å². The molecule has 2 aromatic carbocycles. The van der Waals surface area contributed by atoms with Crippen LogP contribution in [0.25, 0.3) is 0 Å². The molecular weight excluding hydrogens is 351 g/mol. The summed E-state index contributed by atoms with van der Waals surface area (Å²) in [7, 11) is 1.54. The minimum absolute atomic E-state index is 0.0910. The lowest BCUT2D eigenvalue weighted by Gasteiger charge is -2.34. The predicted octanol–water partition coefficient (Wildman–Crippen LogP) is 2.20. The Morgan fingerprint density at radius 2 is 1.52 bits per heavy atom. The van der Waals surface area contributed by atoms with E-state index in [1.807, 2.05) is 12.1 Å². The lowest BCUT2D eigenvalue weighted by atomic mass is 10.2. The minimum atomic E-state index is -0.378. The highest BCUT2D eigenvalue weighted by molar-refractivity contribution is 5.94. The fourth-order valence-corrected chi connectivity index (χ4v) is 2.90. The first-order valence-electron chi connectivity index (χ1n) is 8.67. The molecule has 0 radical (unpaired) electrons. The van der Waals surface area contributed by atoms with Crippen LogP contribution in [0.15, 0.2) is 48.5 Å². The molecule has 2 aromatic rings. The zero-order valence-corrected chi connectivity index (χ0v) is 15.1. The van der Waals surface area contributed by atoms with Gasteiger partial charge in [-0.25, -0.2) is 4.39 Å². The first kappa shape index (κ1) is 18.7. The van der Waals surface area contributed by atoms with E-state index >= 15 is 0 Å². The molecule has 142 valence electrons. The third kappa shape index (κ3) is 4.55. The van der Waals surface area contributed by atoms with Crippen LogP contribution in [0.3, 0.4) is 0 Å². The van der Waals surface area contributed by atoms with Crippen molar-refractivity contribution in [3.05, 3.63) is 59.9 Å². The molecule has 0 bridgehead atoms. The average Bonchev–Trinajstić information content (AvgIpc) is 2.72. The van der Waals surface area contributed by atoms with E-state index in [0.717, 1.165) is 0 Å². The Morgan fingerprint density at radius 3 is 2.15 bits per heavy atom. The van der Waals surface area contributed by atoms with Gasteiger partial charge in [0.25, 0.3) is 11.8 Å². The van der Waals surface area contributed by atoms with Gasteiger partial charge < -0.3 is 19.3 Å². The number of benzene rings is 2. The van der Waals surface area contributed by atoms with Gasteiger partial charge in [0, 0.05) is 31.7 Å². The summed E-state index contributed by atoms with van der Waals surface area (Å²) in [5.74, 6) is 0.401. The first-order chi connectivity index (χ1) is 13.1. The molecule has 0 aromatic heterocycles. The van der Waals surface area contributed by atoms with Gasteiger partial charge in [0.2, 0.25) is 0 Å². The molecule has 1 fully saturated rings. The van der Waals surface area contributed by atoms with E-state index in [4.69, 9.17) is 9.47 Å². The molecular formula is C20H21FN2O4. The van der Waals surface area contributed by atoms with E-state index in [-0.39, 0.29) is 24.2 Å². The number of halogens is 1. The second kappa shape index (κ2) is 8.53. The van der Waals surface area contributed by atoms with Crippen molar-refractivity contribution >= 4 is 11.8 Å². The number of carbonyl (C=O) groups is 2. The molecule has 1 aliphatic rings. The Labute approximate surface area is 157 Å². The van der Waals surface area contributed by atoms with Crippen LogP contribution < -0.4 is 9.47 Å². The quantitative estimate of drug-likeness (QED) is 0.807. The summed E-state index contributed by atoms with van der Waals surface area (Å²) >= 11 is 0. The summed E-state index contributed by atoms with van der Waals surface area (Å²) in [6, 6.07) is 12.6. The largest absolute Gasteiger partial charge is 0.493 e. The maximum Gasteiger partial charge on any atom is 0.260 e. The molecule has 0 saturated carbocycles. The van der Waals surface area contributed by atoms with Crippen molar-refractivity contribution in [2.75, 3.05) is 39.9 Å². The van der Waals surface area contributed by atoms with E-state index in [2.05, 4.69) is 0 Å². The number of piperazine rings is 1. The second-order valence-electron chi connectivity index (χ2n) is 6.12. The van der Waals surface area contributed by atoms with Gasteiger partial charge in [-0.3, -0.25) is 9.59 Å². The predicted molar refractivity (Wildman–Crippen MR) is 97.4 cm³/mol. The highest BCUT2D eigenvalue weighted by Crippen LogP contribution is 2.25. The Balaban J connectivity index is 1.50. The molecule has 0 unspecified atom stereocenters. The van der Waals surface area contributed by atoms with E-state index < -0.39 is 0 Å². The minimum Gasteiger partial charge on any atom is -0.493 e. The van der Waals surface area contributed by atoms with Crippen molar-refractivity contribution in [2.24, 2.45) is 0 Å². The fourth-order valence-electron chi connectivity index (χ4n) is 2.90. The van der Waals surface area contributed by atoms with Gasteiger partial charge in [-0.15, -0.1) is 0 Å². The molecule has 27 heavy (non-hydrogen) atoms. The van der Waals surface area contributed by atoms with E-state index in [0.29, 0.717) is 43.2 Å². The van der Waals surface area contributed by atoms with Gasteiger partial charge in [0.1, 0.15) is 5.82 Å². The number of hydrogen-bond donors (Lipinski definition) is 0. The first-order valence-corrected chi connectivity index (χ1v) is 8.67. The molecule has 7 heteroatoms. The maximum atomic E-state index is 13.0. The number of ether oxygens (including phenoxy) is 2. The van der Waals surface area contributed by atoms with Gasteiger partial charge in [-0.2, -0.15) is 0 Å². The molecule has 0 atom stereocenters. The van der Waals surface area contributed by atoms with Gasteiger partial charge in [0.05, 0.1) is 7.11 Å². The van der Waals surface area contributed by atoms with Crippen molar-refractivity contribution in [2.45, 2.75) is 0 Å². The van der Waals surface area contributed by atoms with Gasteiger partial charge in [-0.1, -0.05) is 12.1 Å². The smallest absolute Gasteiger partial charge is 0.260 e. The van der Waals surface area contributed by atoms with Crippen molar-refractivity contribution in [1.82, 2.24) is 9.80 Å². The van der Waals surface area contributed by atoms with E-state index in [1.54, 1.807) is 29.0 Å².